The molecule has 2 N–H and O–H groups in total. The van der Waals surface area contributed by atoms with E-state index in [-0.39, 0.29) is 0 Å². The van der Waals surface area contributed by atoms with Crippen LogP contribution in [0, 0.1) is 6.92 Å². The van der Waals surface area contributed by atoms with Gasteiger partial charge in [0.2, 0.25) is 0 Å². The molecule has 3 nitrogen and oxygen atoms in total. The van der Waals surface area contributed by atoms with Crippen molar-refractivity contribution < 1.29 is 0 Å². The van der Waals surface area contributed by atoms with Gasteiger partial charge in [-0.3, -0.25) is 0 Å². The lowest BCUT2D eigenvalue weighted by molar-refractivity contribution is 0.415. The average Bonchev–Trinajstić information content (AvgIpc) is 2.30. The van der Waals surface area contributed by atoms with Gasteiger partial charge in [-0.15, -0.1) is 0 Å². The molecule has 2 rings (SSSR count). The summed E-state index contributed by atoms with van der Waals surface area (Å²) in [6.45, 7) is 2.05. The third-order valence-electron chi connectivity index (χ3n) is 3.10. The molecule has 0 saturated heterocycles. The van der Waals surface area contributed by atoms with Crippen molar-refractivity contribution in [3.63, 3.8) is 0 Å². The standard InChI is InChI=1S/C13H19N3S/c1-10-7-8-14-12(9-10)16-13(17)15-11-5-3-2-4-6-11/h7-9,11H,2-6H2,1H3,(H2,14,15,16,17). The molecule has 1 heterocycles. The summed E-state index contributed by atoms with van der Waals surface area (Å²) < 4.78 is 0. The van der Waals surface area contributed by atoms with Crippen LogP contribution in [0.3, 0.4) is 0 Å². The van der Waals surface area contributed by atoms with Crippen molar-refractivity contribution in [2.24, 2.45) is 0 Å². The van der Waals surface area contributed by atoms with Gasteiger partial charge in [-0.05, 0) is 49.7 Å². The van der Waals surface area contributed by atoms with Gasteiger partial charge in [0.05, 0.1) is 0 Å². The van der Waals surface area contributed by atoms with Gasteiger partial charge in [0, 0.05) is 12.2 Å². The number of anilines is 1. The first-order valence-electron chi connectivity index (χ1n) is 6.24. The van der Waals surface area contributed by atoms with Gasteiger partial charge in [0.15, 0.2) is 5.11 Å². The maximum atomic E-state index is 5.30. The number of pyridine rings is 1. The highest BCUT2D eigenvalue weighted by Gasteiger charge is 2.13. The molecule has 0 amide bonds. The molecule has 0 spiro atoms. The minimum absolute atomic E-state index is 0.536. The van der Waals surface area contributed by atoms with Crippen LogP contribution in [-0.4, -0.2) is 16.1 Å². The lowest BCUT2D eigenvalue weighted by Gasteiger charge is -2.24. The largest absolute Gasteiger partial charge is 0.360 e. The van der Waals surface area contributed by atoms with Crippen molar-refractivity contribution in [2.75, 3.05) is 5.32 Å². The number of nitrogens with one attached hydrogen (secondary N) is 2. The smallest absolute Gasteiger partial charge is 0.172 e. The normalized spacial score (nSPS) is 16.5. The zero-order valence-corrected chi connectivity index (χ0v) is 11.0. The van der Waals surface area contributed by atoms with Crippen LogP contribution in [0.5, 0.6) is 0 Å². The summed E-state index contributed by atoms with van der Waals surface area (Å²) in [6.07, 6.45) is 8.22. The van der Waals surface area contributed by atoms with Crippen molar-refractivity contribution in [3.8, 4) is 0 Å². The summed E-state index contributed by atoms with van der Waals surface area (Å²) in [4.78, 5) is 4.23. The van der Waals surface area contributed by atoms with E-state index in [4.69, 9.17) is 12.2 Å². The second-order valence-corrected chi connectivity index (χ2v) is 5.06. The molecule has 92 valence electrons. The molecule has 0 aromatic carbocycles. The van der Waals surface area contributed by atoms with Gasteiger partial charge in [0.25, 0.3) is 0 Å². The number of hydrogen-bond donors (Lipinski definition) is 2. The molecule has 0 aliphatic heterocycles. The maximum absolute atomic E-state index is 5.30. The Labute approximate surface area is 108 Å². The lowest BCUT2D eigenvalue weighted by Crippen LogP contribution is -2.38. The van der Waals surface area contributed by atoms with Crippen LogP contribution in [-0.2, 0) is 0 Å². The Balaban J connectivity index is 1.84. The Kier molecular flexibility index (Phi) is 4.31. The Morgan fingerprint density at radius 2 is 2.12 bits per heavy atom. The summed E-state index contributed by atoms with van der Waals surface area (Å²) in [7, 11) is 0. The molecule has 1 saturated carbocycles. The van der Waals surface area contributed by atoms with Gasteiger partial charge < -0.3 is 10.6 Å². The molecule has 17 heavy (non-hydrogen) atoms. The molecule has 0 radical (unpaired) electrons. The molecule has 4 heteroatoms. The molecule has 1 aliphatic rings. The number of aromatic nitrogens is 1. The fourth-order valence-electron chi connectivity index (χ4n) is 2.19. The van der Waals surface area contributed by atoms with Crippen LogP contribution < -0.4 is 10.6 Å². The predicted octanol–water partition coefficient (Wildman–Crippen LogP) is 3.01. The molecule has 0 bridgehead atoms. The first kappa shape index (κ1) is 12.3. The summed E-state index contributed by atoms with van der Waals surface area (Å²) in [5.41, 5.74) is 1.18. The van der Waals surface area contributed by atoms with E-state index in [0.717, 1.165) is 5.82 Å². The number of hydrogen-bond acceptors (Lipinski definition) is 2. The van der Waals surface area contributed by atoms with Gasteiger partial charge in [-0.2, -0.15) is 0 Å². The van der Waals surface area contributed by atoms with Crippen molar-refractivity contribution in [2.45, 2.75) is 45.1 Å². The Bertz CT molecular complexity index is 386. The first-order chi connectivity index (χ1) is 8.24. The monoisotopic (exact) mass is 249 g/mol. The van der Waals surface area contributed by atoms with E-state index in [1.165, 1.54) is 37.7 Å². The van der Waals surface area contributed by atoms with E-state index in [1.807, 2.05) is 19.1 Å². The van der Waals surface area contributed by atoms with E-state index in [0.29, 0.717) is 11.2 Å². The van der Waals surface area contributed by atoms with Crippen molar-refractivity contribution in [1.29, 1.82) is 0 Å². The highest BCUT2D eigenvalue weighted by Crippen LogP contribution is 2.17. The number of rotatable bonds is 2. The van der Waals surface area contributed by atoms with Crippen LogP contribution in [0.25, 0.3) is 0 Å². The molecular formula is C13H19N3S. The fourth-order valence-corrected chi connectivity index (χ4v) is 2.46. The van der Waals surface area contributed by atoms with Crippen LogP contribution in [0.15, 0.2) is 18.3 Å². The first-order valence-corrected chi connectivity index (χ1v) is 6.65. The third kappa shape index (κ3) is 3.97. The molecule has 1 aromatic heterocycles. The number of nitrogens with zero attached hydrogens (tertiary/aromatic N) is 1. The van der Waals surface area contributed by atoms with Crippen molar-refractivity contribution >= 4 is 23.1 Å². The lowest BCUT2D eigenvalue weighted by atomic mass is 9.96. The van der Waals surface area contributed by atoms with Gasteiger partial charge in [0.1, 0.15) is 5.82 Å². The second kappa shape index (κ2) is 5.96. The number of aryl methyl sites for hydroxylation is 1. The van der Waals surface area contributed by atoms with Crippen LogP contribution in [0.2, 0.25) is 0 Å². The molecule has 0 unspecified atom stereocenters. The van der Waals surface area contributed by atoms with Gasteiger partial charge >= 0.3 is 0 Å². The zero-order chi connectivity index (χ0) is 12.1. The van der Waals surface area contributed by atoms with E-state index >= 15 is 0 Å². The molecule has 0 atom stereocenters. The quantitative estimate of drug-likeness (QED) is 0.790. The van der Waals surface area contributed by atoms with E-state index in [9.17, 15) is 0 Å². The van der Waals surface area contributed by atoms with Crippen molar-refractivity contribution in [1.82, 2.24) is 10.3 Å². The van der Waals surface area contributed by atoms with E-state index < -0.39 is 0 Å². The zero-order valence-electron chi connectivity index (χ0n) is 10.2. The Morgan fingerprint density at radius 1 is 1.35 bits per heavy atom. The van der Waals surface area contributed by atoms with Crippen molar-refractivity contribution in [3.05, 3.63) is 23.9 Å². The summed E-state index contributed by atoms with van der Waals surface area (Å²) in [5.74, 6) is 0.818. The summed E-state index contributed by atoms with van der Waals surface area (Å²) >= 11 is 5.30. The Hall–Kier alpha value is -1.16. The van der Waals surface area contributed by atoms with E-state index in [1.54, 1.807) is 6.20 Å². The minimum Gasteiger partial charge on any atom is -0.360 e. The van der Waals surface area contributed by atoms with Gasteiger partial charge in [-0.1, -0.05) is 19.3 Å². The topological polar surface area (TPSA) is 37.0 Å². The maximum Gasteiger partial charge on any atom is 0.172 e. The second-order valence-electron chi connectivity index (χ2n) is 4.65. The van der Waals surface area contributed by atoms with E-state index in [2.05, 4.69) is 15.6 Å². The summed E-state index contributed by atoms with van der Waals surface area (Å²) in [6, 6.07) is 4.51. The number of thiocarbonyl (C=S) groups is 1. The molecule has 1 fully saturated rings. The highest BCUT2D eigenvalue weighted by atomic mass is 32.1. The van der Waals surface area contributed by atoms with Crippen LogP contribution in [0.1, 0.15) is 37.7 Å². The third-order valence-corrected chi connectivity index (χ3v) is 3.32. The highest BCUT2D eigenvalue weighted by molar-refractivity contribution is 7.80. The molecule has 1 aliphatic carbocycles. The molecule has 1 aromatic rings. The SMILES string of the molecule is Cc1ccnc(NC(=S)NC2CCCCC2)c1. The molecular weight excluding hydrogens is 230 g/mol. The van der Waals surface area contributed by atoms with Crippen LogP contribution >= 0.6 is 12.2 Å². The summed E-state index contributed by atoms with van der Waals surface area (Å²) in [5, 5.41) is 7.20. The Morgan fingerprint density at radius 3 is 2.82 bits per heavy atom. The predicted molar refractivity (Wildman–Crippen MR) is 75.2 cm³/mol. The fraction of sp³-hybridized carbons (Fsp3) is 0.538. The average molecular weight is 249 g/mol. The minimum atomic E-state index is 0.536. The van der Waals surface area contributed by atoms with Crippen LogP contribution in [0.4, 0.5) is 5.82 Å². The van der Waals surface area contributed by atoms with Gasteiger partial charge in [-0.25, -0.2) is 4.98 Å².